The van der Waals surface area contributed by atoms with Crippen LogP contribution in [-0.2, 0) is 5.75 Å². The maximum Gasteiger partial charge on any atom is 0.123 e. The van der Waals surface area contributed by atoms with Crippen molar-refractivity contribution in [2.24, 2.45) is 0 Å². The molecule has 0 amide bonds. The van der Waals surface area contributed by atoms with Gasteiger partial charge in [0.15, 0.2) is 0 Å². The van der Waals surface area contributed by atoms with Crippen LogP contribution in [0.5, 0.6) is 0 Å². The van der Waals surface area contributed by atoms with Crippen molar-refractivity contribution in [2.75, 3.05) is 0 Å². The van der Waals surface area contributed by atoms with E-state index in [1.54, 1.807) is 33.7 Å². The van der Waals surface area contributed by atoms with Gasteiger partial charge in [0.1, 0.15) is 5.82 Å². The standard InChI is InChI=1S/C13H11FS2.C2H6/c14-12-6-8-13(9-7-12)16-15-10-11-4-2-1-3-5-11;1-2/h1-9H,10H2;1-2H3. The SMILES string of the molecule is CC.Fc1ccc(SSCc2ccccc2)cc1. The fraction of sp³-hybridized carbons (Fsp3) is 0.200. The quantitative estimate of drug-likeness (QED) is 0.650. The van der Waals surface area contributed by atoms with Gasteiger partial charge in [-0.1, -0.05) is 65.8 Å². The molecule has 0 bridgehead atoms. The Morgan fingerprint density at radius 2 is 1.50 bits per heavy atom. The molecule has 0 aliphatic heterocycles. The summed E-state index contributed by atoms with van der Waals surface area (Å²) in [6.45, 7) is 4.00. The molecule has 0 spiro atoms. The van der Waals surface area contributed by atoms with Gasteiger partial charge in [0, 0.05) is 10.6 Å². The van der Waals surface area contributed by atoms with Crippen LogP contribution in [0.2, 0.25) is 0 Å². The molecule has 3 heteroatoms. The first-order chi connectivity index (χ1) is 8.84. The van der Waals surface area contributed by atoms with Gasteiger partial charge in [0.05, 0.1) is 0 Å². The predicted molar refractivity (Wildman–Crippen MR) is 81.3 cm³/mol. The van der Waals surface area contributed by atoms with Crippen LogP contribution >= 0.6 is 21.6 Å². The summed E-state index contributed by atoms with van der Waals surface area (Å²) in [7, 11) is 3.43. The van der Waals surface area contributed by atoms with Gasteiger partial charge < -0.3 is 0 Å². The Kier molecular flexibility index (Phi) is 7.62. The summed E-state index contributed by atoms with van der Waals surface area (Å²) in [4.78, 5) is 1.09. The van der Waals surface area contributed by atoms with Crippen molar-refractivity contribution < 1.29 is 4.39 Å². The molecule has 0 heterocycles. The van der Waals surface area contributed by atoms with E-state index in [0.29, 0.717) is 0 Å². The minimum Gasteiger partial charge on any atom is -0.207 e. The van der Waals surface area contributed by atoms with Crippen LogP contribution in [-0.4, -0.2) is 0 Å². The molecule has 0 nitrogen and oxygen atoms in total. The molecule has 0 unspecified atom stereocenters. The topological polar surface area (TPSA) is 0 Å². The lowest BCUT2D eigenvalue weighted by atomic mass is 10.2. The van der Waals surface area contributed by atoms with Crippen molar-refractivity contribution in [1.29, 1.82) is 0 Å². The Bertz CT molecular complexity index is 426. The van der Waals surface area contributed by atoms with Crippen molar-refractivity contribution in [3.8, 4) is 0 Å². The third kappa shape index (κ3) is 5.61. The number of benzene rings is 2. The normalized spacial score (nSPS) is 9.50. The molecule has 96 valence electrons. The van der Waals surface area contributed by atoms with Crippen molar-refractivity contribution in [3.63, 3.8) is 0 Å². The van der Waals surface area contributed by atoms with Crippen LogP contribution in [0.1, 0.15) is 19.4 Å². The highest BCUT2D eigenvalue weighted by atomic mass is 33.1. The number of rotatable bonds is 4. The van der Waals surface area contributed by atoms with Crippen LogP contribution in [0, 0.1) is 5.82 Å². The Hall–Kier alpha value is -0.930. The second-order valence-electron chi connectivity index (χ2n) is 3.29. The molecule has 18 heavy (non-hydrogen) atoms. The van der Waals surface area contributed by atoms with Crippen LogP contribution in [0.15, 0.2) is 59.5 Å². The fourth-order valence-electron chi connectivity index (χ4n) is 1.23. The van der Waals surface area contributed by atoms with E-state index in [0.717, 1.165) is 10.6 Å². The van der Waals surface area contributed by atoms with E-state index in [-0.39, 0.29) is 5.82 Å². The van der Waals surface area contributed by atoms with Gasteiger partial charge in [-0.3, -0.25) is 0 Å². The lowest BCUT2D eigenvalue weighted by Crippen LogP contribution is -1.76. The largest absolute Gasteiger partial charge is 0.207 e. The number of hydrogen-bond acceptors (Lipinski definition) is 2. The molecule has 0 aliphatic rings. The molecule has 2 aromatic rings. The monoisotopic (exact) mass is 280 g/mol. The Morgan fingerprint density at radius 3 is 2.11 bits per heavy atom. The zero-order valence-corrected chi connectivity index (χ0v) is 12.2. The first-order valence-electron chi connectivity index (χ1n) is 5.93. The van der Waals surface area contributed by atoms with Crippen molar-refractivity contribution in [1.82, 2.24) is 0 Å². The van der Waals surface area contributed by atoms with Crippen LogP contribution in [0.25, 0.3) is 0 Å². The summed E-state index contributed by atoms with van der Waals surface area (Å²) in [5.41, 5.74) is 1.31. The summed E-state index contributed by atoms with van der Waals surface area (Å²) in [5, 5.41) is 0. The zero-order chi connectivity index (χ0) is 13.2. The first-order valence-corrected chi connectivity index (χ1v) is 8.25. The van der Waals surface area contributed by atoms with Crippen molar-refractivity contribution in [2.45, 2.75) is 24.5 Å². The molecule has 0 radical (unpaired) electrons. The summed E-state index contributed by atoms with van der Waals surface area (Å²) in [5.74, 6) is 0.778. The fourth-order valence-corrected chi connectivity index (χ4v) is 3.33. The second kappa shape index (κ2) is 9.06. The number of hydrogen-bond donors (Lipinski definition) is 0. The molecular weight excluding hydrogens is 263 g/mol. The van der Waals surface area contributed by atoms with E-state index in [1.165, 1.54) is 17.7 Å². The van der Waals surface area contributed by atoms with Gasteiger partial charge >= 0.3 is 0 Å². The van der Waals surface area contributed by atoms with Crippen LogP contribution < -0.4 is 0 Å². The van der Waals surface area contributed by atoms with E-state index in [9.17, 15) is 4.39 Å². The third-order valence-electron chi connectivity index (χ3n) is 2.04. The molecule has 0 atom stereocenters. The van der Waals surface area contributed by atoms with E-state index in [1.807, 2.05) is 32.0 Å². The van der Waals surface area contributed by atoms with Crippen LogP contribution in [0.4, 0.5) is 4.39 Å². The lowest BCUT2D eigenvalue weighted by molar-refractivity contribution is 0.626. The second-order valence-corrected chi connectivity index (χ2v) is 5.65. The van der Waals surface area contributed by atoms with Crippen molar-refractivity contribution >= 4 is 21.6 Å². The minimum atomic E-state index is -0.183. The minimum absolute atomic E-state index is 0.183. The first kappa shape index (κ1) is 15.1. The van der Waals surface area contributed by atoms with Gasteiger partial charge in [0.25, 0.3) is 0 Å². The lowest BCUT2D eigenvalue weighted by Gasteiger charge is -2.01. The van der Waals surface area contributed by atoms with Gasteiger partial charge in [-0.2, -0.15) is 0 Å². The van der Waals surface area contributed by atoms with E-state index in [4.69, 9.17) is 0 Å². The maximum absolute atomic E-state index is 12.7. The molecular formula is C15H17FS2. The van der Waals surface area contributed by atoms with Crippen LogP contribution in [0.3, 0.4) is 0 Å². The van der Waals surface area contributed by atoms with E-state index >= 15 is 0 Å². The van der Waals surface area contributed by atoms with E-state index < -0.39 is 0 Å². The number of halogens is 1. The summed E-state index contributed by atoms with van der Waals surface area (Å²) in [6, 6.07) is 16.9. The summed E-state index contributed by atoms with van der Waals surface area (Å²) >= 11 is 0. The van der Waals surface area contributed by atoms with Gasteiger partial charge in [-0.05, 0) is 29.8 Å². The molecule has 0 saturated heterocycles. The highest BCUT2D eigenvalue weighted by molar-refractivity contribution is 8.76. The Balaban J connectivity index is 0.000000771. The molecule has 0 N–H and O–H groups in total. The zero-order valence-electron chi connectivity index (χ0n) is 10.6. The van der Waals surface area contributed by atoms with Gasteiger partial charge in [-0.15, -0.1) is 0 Å². The third-order valence-corrected chi connectivity index (χ3v) is 4.36. The smallest absolute Gasteiger partial charge is 0.123 e. The molecule has 0 aliphatic carbocycles. The molecule has 0 saturated carbocycles. The molecule has 0 fully saturated rings. The van der Waals surface area contributed by atoms with E-state index in [2.05, 4.69) is 12.1 Å². The van der Waals surface area contributed by atoms with Gasteiger partial charge in [-0.25, -0.2) is 4.39 Å². The molecule has 2 rings (SSSR count). The Labute approximate surface area is 116 Å². The summed E-state index contributed by atoms with van der Waals surface area (Å²) in [6.07, 6.45) is 0. The van der Waals surface area contributed by atoms with Crippen molar-refractivity contribution in [3.05, 3.63) is 66.0 Å². The Morgan fingerprint density at radius 1 is 0.889 bits per heavy atom. The maximum atomic E-state index is 12.7. The van der Waals surface area contributed by atoms with Gasteiger partial charge in [0.2, 0.25) is 0 Å². The summed E-state index contributed by atoms with van der Waals surface area (Å²) < 4.78 is 12.7. The highest BCUT2D eigenvalue weighted by Crippen LogP contribution is 2.33. The average molecular weight is 280 g/mol. The molecule has 0 aromatic heterocycles. The predicted octanol–water partition coefficient (Wildman–Crippen LogP) is 5.79. The average Bonchev–Trinajstić information content (AvgIpc) is 2.44. The highest BCUT2D eigenvalue weighted by Gasteiger charge is 1.96. The molecule has 2 aromatic carbocycles.